The number of hydrogen-bond donors (Lipinski definition) is 2. The minimum Gasteiger partial charge on any atom is -0.444 e. The Hall–Kier alpha value is -0.830. The topological polar surface area (TPSA) is 71.7 Å². The number of oxazole rings is 1. The predicted molar refractivity (Wildman–Crippen MR) is 107 cm³/mol. The molecule has 0 amide bonds. The normalized spacial score (nSPS) is 15.4. The van der Waals surface area contributed by atoms with Crippen molar-refractivity contribution in [1.29, 1.82) is 0 Å². The zero-order chi connectivity index (χ0) is 16.5. The van der Waals surface area contributed by atoms with Gasteiger partial charge in [-0.05, 0) is 40.0 Å². The average molecular weight is 450 g/mol. The van der Waals surface area contributed by atoms with Crippen LogP contribution in [0.25, 0.3) is 0 Å². The number of nitrogens with one attached hydrogen (secondary N) is 2. The van der Waals surface area contributed by atoms with Gasteiger partial charge in [-0.3, -0.25) is 0 Å². The number of ether oxygens (including phenoxy) is 1. The minimum atomic E-state index is 0. The first kappa shape index (κ1) is 21.2. The van der Waals surface area contributed by atoms with Crippen LogP contribution in [0.4, 0.5) is 0 Å². The summed E-state index contributed by atoms with van der Waals surface area (Å²) in [6.07, 6.45) is 6.57. The molecule has 0 aromatic carbocycles. The van der Waals surface area contributed by atoms with E-state index in [4.69, 9.17) is 9.15 Å². The summed E-state index contributed by atoms with van der Waals surface area (Å²) in [4.78, 5) is 8.86. The number of halogens is 1. The van der Waals surface area contributed by atoms with E-state index >= 15 is 0 Å². The van der Waals surface area contributed by atoms with Crippen LogP contribution in [0, 0.1) is 13.8 Å². The molecule has 1 aromatic heterocycles. The molecule has 138 valence electrons. The largest absolute Gasteiger partial charge is 0.444 e. The molecule has 2 rings (SSSR count). The smallest absolute Gasteiger partial charge is 0.216 e. The van der Waals surface area contributed by atoms with E-state index in [0.29, 0.717) is 18.5 Å². The van der Waals surface area contributed by atoms with Gasteiger partial charge in [-0.15, -0.1) is 24.0 Å². The van der Waals surface area contributed by atoms with Crippen molar-refractivity contribution < 1.29 is 9.15 Å². The number of aryl methyl sites for hydroxylation is 2. The van der Waals surface area contributed by atoms with Crippen LogP contribution in [0.1, 0.15) is 56.4 Å². The quantitative estimate of drug-likeness (QED) is 0.275. The van der Waals surface area contributed by atoms with Gasteiger partial charge in [0.2, 0.25) is 5.89 Å². The summed E-state index contributed by atoms with van der Waals surface area (Å²) in [6, 6.07) is 0. The van der Waals surface area contributed by atoms with Crippen LogP contribution in [0.15, 0.2) is 9.41 Å². The first-order chi connectivity index (χ1) is 11.2. The van der Waals surface area contributed by atoms with Crippen molar-refractivity contribution in [3.63, 3.8) is 0 Å². The molecule has 2 N–H and O–H groups in total. The summed E-state index contributed by atoms with van der Waals surface area (Å²) < 4.78 is 11.4. The van der Waals surface area contributed by atoms with E-state index in [1.807, 2.05) is 13.8 Å². The summed E-state index contributed by atoms with van der Waals surface area (Å²) >= 11 is 0. The van der Waals surface area contributed by atoms with E-state index in [9.17, 15) is 0 Å². The van der Waals surface area contributed by atoms with Crippen molar-refractivity contribution in [2.24, 2.45) is 4.99 Å². The SMILES string of the molecule is CCNC(=NCc1nc(C)c(C)o1)NCCCOC1CCCC1.I. The van der Waals surface area contributed by atoms with Crippen LogP contribution in [0.5, 0.6) is 0 Å². The van der Waals surface area contributed by atoms with Gasteiger partial charge in [0.05, 0.1) is 11.8 Å². The highest BCUT2D eigenvalue weighted by Crippen LogP contribution is 2.20. The van der Waals surface area contributed by atoms with Crippen molar-refractivity contribution in [3.05, 3.63) is 17.3 Å². The summed E-state index contributed by atoms with van der Waals surface area (Å²) in [5, 5.41) is 6.56. The van der Waals surface area contributed by atoms with Gasteiger partial charge in [-0.2, -0.15) is 0 Å². The number of hydrogen-bond acceptors (Lipinski definition) is 4. The maximum absolute atomic E-state index is 5.86. The van der Waals surface area contributed by atoms with Gasteiger partial charge in [0.25, 0.3) is 0 Å². The van der Waals surface area contributed by atoms with Gasteiger partial charge < -0.3 is 19.8 Å². The lowest BCUT2D eigenvalue weighted by Gasteiger charge is -2.13. The van der Waals surface area contributed by atoms with Crippen LogP contribution in [-0.2, 0) is 11.3 Å². The molecular weight excluding hydrogens is 419 g/mol. The lowest BCUT2D eigenvalue weighted by molar-refractivity contribution is 0.0574. The first-order valence-corrected chi connectivity index (χ1v) is 8.75. The molecule has 1 aliphatic carbocycles. The molecule has 1 heterocycles. The number of aliphatic imine (C=N–C) groups is 1. The van der Waals surface area contributed by atoms with Crippen molar-refractivity contribution in [3.8, 4) is 0 Å². The molecule has 0 saturated heterocycles. The molecule has 0 radical (unpaired) electrons. The predicted octanol–water partition coefficient (Wildman–Crippen LogP) is 3.31. The third-order valence-corrected chi connectivity index (χ3v) is 4.06. The molecule has 0 bridgehead atoms. The van der Waals surface area contributed by atoms with Gasteiger partial charge in [0, 0.05) is 19.7 Å². The summed E-state index contributed by atoms with van der Waals surface area (Å²) in [5.41, 5.74) is 0.928. The van der Waals surface area contributed by atoms with E-state index in [1.54, 1.807) is 0 Å². The molecule has 0 unspecified atom stereocenters. The molecule has 0 spiro atoms. The van der Waals surface area contributed by atoms with E-state index in [-0.39, 0.29) is 24.0 Å². The summed E-state index contributed by atoms with van der Waals surface area (Å²) in [7, 11) is 0. The third-order valence-electron chi connectivity index (χ3n) is 4.06. The van der Waals surface area contributed by atoms with Crippen molar-refractivity contribution in [2.45, 2.75) is 65.5 Å². The van der Waals surface area contributed by atoms with Crippen molar-refractivity contribution >= 4 is 29.9 Å². The highest BCUT2D eigenvalue weighted by Gasteiger charge is 2.14. The highest BCUT2D eigenvalue weighted by atomic mass is 127. The Morgan fingerprint density at radius 2 is 2.04 bits per heavy atom. The molecule has 1 fully saturated rings. The Kier molecular flexibility index (Phi) is 10.3. The Morgan fingerprint density at radius 3 is 2.67 bits per heavy atom. The fourth-order valence-corrected chi connectivity index (χ4v) is 2.68. The van der Waals surface area contributed by atoms with Crippen LogP contribution < -0.4 is 10.6 Å². The number of nitrogens with zero attached hydrogens (tertiary/aromatic N) is 2. The zero-order valence-electron chi connectivity index (χ0n) is 15.1. The standard InChI is InChI=1S/C17H30N4O2.HI/c1-4-18-17(20-12-16-21-13(2)14(3)23-16)19-10-7-11-22-15-8-5-6-9-15;/h15H,4-12H2,1-3H3,(H2,18,19,20);1H. The van der Waals surface area contributed by atoms with Crippen LogP contribution >= 0.6 is 24.0 Å². The molecule has 6 nitrogen and oxygen atoms in total. The summed E-state index contributed by atoms with van der Waals surface area (Å²) in [5.74, 6) is 2.31. The fourth-order valence-electron chi connectivity index (χ4n) is 2.68. The second-order valence-corrected chi connectivity index (χ2v) is 6.00. The van der Waals surface area contributed by atoms with Gasteiger partial charge in [0.15, 0.2) is 5.96 Å². The number of rotatable bonds is 8. The monoisotopic (exact) mass is 450 g/mol. The lowest BCUT2D eigenvalue weighted by atomic mass is 10.3. The average Bonchev–Trinajstić information content (AvgIpc) is 3.15. The first-order valence-electron chi connectivity index (χ1n) is 8.75. The number of guanidine groups is 1. The van der Waals surface area contributed by atoms with Gasteiger partial charge >= 0.3 is 0 Å². The summed E-state index contributed by atoms with van der Waals surface area (Å²) in [6.45, 7) is 8.86. The Labute approximate surface area is 162 Å². The minimum absolute atomic E-state index is 0. The molecule has 24 heavy (non-hydrogen) atoms. The Morgan fingerprint density at radius 1 is 1.29 bits per heavy atom. The van der Waals surface area contributed by atoms with E-state index in [1.165, 1.54) is 25.7 Å². The van der Waals surface area contributed by atoms with Crippen molar-refractivity contribution in [2.75, 3.05) is 19.7 Å². The Bertz CT molecular complexity index is 479. The molecule has 0 aliphatic heterocycles. The van der Waals surface area contributed by atoms with Gasteiger partial charge in [-0.1, -0.05) is 12.8 Å². The van der Waals surface area contributed by atoms with E-state index in [2.05, 4.69) is 27.5 Å². The molecule has 1 saturated carbocycles. The molecule has 1 aromatic rings. The molecule has 1 aliphatic rings. The van der Waals surface area contributed by atoms with E-state index in [0.717, 1.165) is 43.5 Å². The van der Waals surface area contributed by atoms with E-state index < -0.39 is 0 Å². The maximum atomic E-state index is 5.86. The lowest BCUT2D eigenvalue weighted by Crippen LogP contribution is -2.38. The second-order valence-electron chi connectivity index (χ2n) is 6.00. The third kappa shape index (κ3) is 7.38. The fraction of sp³-hybridized carbons (Fsp3) is 0.765. The van der Waals surface area contributed by atoms with Crippen molar-refractivity contribution in [1.82, 2.24) is 15.6 Å². The maximum Gasteiger partial charge on any atom is 0.216 e. The Balaban J connectivity index is 0.00000288. The van der Waals surface area contributed by atoms with Crippen LogP contribution in [0.3, 0.4) is 0 Å². The van der Waals surface area contributed by atoms with Crippen LogP contribution in [-0.4, -0.2) is 36.7 Å². The molecule has 0 atom stereocenters. The van der Waals surface area contributed by atoms with Gasteiger partial charge in [0.1, 0.15) is 12.3 Å². The number of aromatic nitrogens is 1. The highest BCUT2D eigenvalue weighted by molar-refractivity contribution is 14.0. The van der Waals surface area contributed by atoms with Crippen LogP contribution in [0.2, 0.25) is 0 Å². The second kappa shape index (κ2) is 11.7. The molecule has 7 heteroatoms. The molecular formula is C17H31IN4O2. The van der Waals surface area contributed by atoms with Gasteiger partial charge in [-0.25, -0.2) is 9.98 Å². The zero-order valence-corrected chi connectivity index (χ0v) is 17.4.